The van der Waals surface area contributed by atoms with E-state index in [4.69, 9.17) is 4.52 Å². The third-order valence-corrected chi connectivity index (χ3v) is 4.00. The second-order valence-electron chi connectivity index (χ2n) is 5.64. The minimum absolute atomic E-state index is 0.215. The molecular weight excluding hydrogens is 274 g/mol. The molecular formula is C16H18F2N2O. The monoisotopic (exact) mass is 292 g/mol. The van der Waals surface area contributed by atoms with Gasteiger partial charge in [-0.25, -0.2) is 8.78 Å². The van der Waals surface area contributed by atoms with Gasteiger partial charge in [-0.3, -0.25) is 4.90 Å². The summed E-state index contributed by atoms with van der Waals surface area (Å²) in [6, 6.07) is 5.78. The van der Waals surface area contributed by atoms with Crippen molar-refractivity contribution in [2.24, 2.45) is 0 Å². The van der Waals surface area contributed by atoms with E-state index < -0.39 is 0 Å². The van der Waals surface area contributed by atoms with Gasteiger partial charge in [0.2, 0.25) is 0 Å². The molecule has 0 bridgehead atoms. The van der Waals surface area contributed by atoms with Gasteiger partial charge in [0, 0.05) is 12.1 Å². The van der Waals surface area contributed by atoms with Gasteiger partial charge in [-0.2, -0.15) is 0 Å². The van der Waals surface area contributed by atoms with E-state index in [1.54, 1.807) is 0 Å². The average Bonchev–Trinajstić information content (AvgIpc) is 3.04. The fourth-order valence-corrected chi connectivity index (χ4v) is 2.98. The Kier molecular flexibility index (Phi) is 4.01. The second-order valence-corrected chi connectivity index (χ2v) is 5.64. The number of benzene rings is 1. The van der Waals surface area contributed by atoms with E-state index in [1.165, 1.54) is 12.1 Å². The Morgan fingerprint density at radius 3 is 2.95 bits per heavy atom. The molecule has 2 aromatic rings. The van der Waals surface area contributed by atoms with Crippen molar-refractivity contribution in [3.05, 3.63) is 52.9 Å². The molecule has 0 amide bonds. The zero-order chi connectivity index (χ0) is 14.8. The van der Waals surface area contributed by atoms with Crippen LogP contribution in [0, 0.1) is 18.6 Å². The average molecular weight is 292 g/mol. The molecule has 1 aliphatic heterocycles. The quantitative estimate of drug-likeness (QED) is 0.864. The van der Waals surface area contributed by atoms with Gasteiger partial charge >= 0.3 is 0 Å². The maximum Gasteiger partial charge on any atom is 0.150 e. The Balaban J connectivity index is 1.70. The van der Waals surface area contributed by atoms with E-state index in [1.807, 2.05) is 13.0 Å². The predicted octanol–water partition coefficient (Wildman–Crippen LogP) is 3.47. The van der Waals surface area contributed by atoms with Crippen molar-refractivity contribution in [3.8, 4) is 0 Å². The van der Waals surface area contributed by atoms with E-state index in [9.17, 15) is 8.78 Å². The molecule has 1 saturated heterocycles. The van der Waals surface area contributed by atoms with Gasteiger partial charge in [0.15, 0.2) is 5.76 Å². The minimum atomic E-state index is -0.387. The maximum atomic E-state index is 13.8. The van der Waals surface area contributed by atoms with Crippen LogP contribution in [0.15, 0.2) is 28.8 Å². The lowest BCUT2D eigenvalue weighted by Gasteiger charge is -2.23. The lowest BCUT2D eigenvalue weighted by atomic mass is 10.0. The fraction of sp³-hybridized carbons (Fsp3) is 0.438. The van der Waals surface area contributed by atoms with Crippen molar-refractivity contribution in [2.75, 3.05) is 6.54 Å². The first-order valence-electron chi connectivity index (χ1n) is 7.22. The van der Waals surface area contributed by atoms with Crippen molar-refractivity contribution >= 4 is 0 Å². The van der Waals surface area contributed by atoms with E-state index in [-0.39, 0.29) is 17.7 Å². The SMILES string of the molecule is Cc1cc(CN2CCCC2Cc2cc(F)ccc2F)on1. The van der Waals surface area contributed by atoms with Crippen molar-refractivity contribution in [2.45, 2.75) is 38.8 Å². The fourth-order valence-electron chi connectivity index (χ4n) is 2.98. The predicted molar refractivity (Wildman–Crippen MR) is 74.7 cm³/mol. The smallest absolute Gasteiger partial charge is 0.150 e. The van der Waals surface area contributed by atoms with E-state index >= 15 is 0 Å². The number of halogens is 2. The number of nitrogens with zero attached hydrogens (tertiary/aromatic N) is 2. The second kappa shape index (κ2) is 5.93. The van der Waals surface area contributed by atoms with E-state index in [2.05, 4.69) is 10.1 Å². The van der Waals surface area contributed by atoms with Crippen LogP contribution in [-0.4, -0.2) is 22.6 Å². The van der Waals surface area contributed by atoms with Crippen molar-refractivity contribution in [1.82, 2.24) is 10.1 Å². The molecule has 1 unspecified atom stereocenters. The molecule has 21 heavy (non-hydrogen) atoms. The molecule has 0 spiro atoms. The summed E-state index contributed by atoms with van der Waals surface area (Å²) in [5.41, 5.74) is 1.30. The minimum Gasteiger partial charge on any atom is -0.360 e. The van der Waals surface area contributed by atoms with Crippen molar-refractivity contribution in [1.29, 1.82) is 0 Å². The summed E-state index contributed by atoms with van der Waals surface area (Å²) in [5.74, 6) is 0.0969. The highest BCUT2D eigenvalue weighted by atomic mass is 19.1. The number of hydrogen-bond donors (Lipinski definition) is 0. The third kappa shape index (κ3) is 3.29. The van der Waals surface area contributed by atoms with Crippen LogP contribution in [0.1, 0.15) is 29.9 Å². The molecule has 5 heteroatoms. The van der Waals surface area contributed by atoms with Crippen LogP contribution in [0.3, 0.4) is 0 Å². The van der Waals surface area contributed by atoms with Crippen LogP contribution in [0.2, 0.25) is 0 Å². The third-order valence-electron chi connectivity index (χ3n) is 4.00. The molecule has 0 radical (unpaired) electrons. The number of hydrogen-bond acceptors (Lipinski definition) is 3. The topological polar surface area (TPSA) is 29.3 Å². The molecule has 112 valence electrons. The molecule has 0 saturated carbocycles. The van der Waals surface area contributed by atoms with Crippen LogP contribution < -0.4 is 0 Å². The van der Waals surface area contributed by atoms with Gasteiger partial charge in [-0.15, -0.1) is 0 Å². The molecule has 0 aliphatic carbocycles. The first-order chi connectivity index (χ1) is 10.1. The van der Waals surface area contributed by atoms with Crippen LogP contribution in [-0.2, 0) is 13.0 Å². The summed E-state index contributed by atoms with van der Waals surface area (Å²) >= 11 is 0. The molecule has 1 aliphatic rings. The van der Waals surface area contributed by atoms with Gasteiger partial charge in [0.25, 0.3) is 0 Å². The Morgan fingerprint density at radius 2 is 2.19 bits per heavy atom. The highest BCUT2D eigenvalue weighted by molar-refractivity contribution is 5.20. The first kappa shape index (κ1) is 14.2. The van der Waals surface area contributed by atoms with Gasteiger partial charge in [-0.05, 0) is 56.5 Å². The first-order valence-corrected chi connectivity index (χ1v) is 7.22. The van der Waals surface area contributed by atoms with Crippen LogP contribution in [0.25, 0.3) is 0 Å². The number of aromatic nitrogens is 1. The van der Waals surface area contributed by atoms with Crippen molar-refractivity contribution < 1.29 is 13.3 Å². The summed E-state index contributed by atoms with van der Waals surface area (Å²) in [5, 5.41) is 3.88. The summed E-state index contributed by atoms with van der Waals surface area (Å²) in [4.78, 5) is 2.25. The van der Waals surface area contributed by atoms with E-state index in [0.29, 0.717) is 18.5 Å². The molecule has 1 aromatic heterocycles. The Morgan fingerprint density at radius 1 is 1.33 bits per heavy atom. The zero-order valence-corrected chi connectivity index (χ0v) is 12.0. The summed E-state index contributed by atoms with van der Waals surface area (Å²) in [7, 11) is 0. The Labute approximate surface area is 122 Å². The summed E-state index contributed by atoms with van der Waals surface area (Å²) in [6.45, 7) is 3.50. The number of likely N-dealkylation sites (tertiary alicyclic amines) is 1. The van der Waals surface area contributed by atoms with Gasteiger partial charge < -0.3 is 4.52 Å². The van der Waals surface area contributed by atoms with Crippen LogP contribution in [0.4, 0.5) is 8.78 Å². The normalized spacial score (nSPS) is 19.3. The lowest BCUT2D eigenvalue weighted by molar-refractivity contribution is 0.213. The maximum absolute atomic E-state index is 13.8. The van der Waals surface area contributed by atoms with Crippen LogP contribution >= 0.6 is 0 Å². The van der Waals surface area contributed by atoms with Gasteiger partial charge in [0.05, 0.1) is 12.2 Å². The molecule has 1 atom stereocenters. The molecule has 3 rings (SSSR count). The zero-order valence-electron chi connectivity index (χ0n) is 12.0. The number of rotatable bonds is 4. The molecule has 1 fully saturated rings. The van der Waals surface area contributed by atoms with Gasteiger partial charge in [0.1, 0.15) is 11.6 Å². The highest BCUT2D eigenvalue weighted by Crippen LogP contribution is 2.24. The molecule has 2 heterocycles. The largest absolute Gasteiger partial charge is 0.360 e. The lowest BCUT2D eigenvalue weighted by Crippen LogP contribution is -2.30. The Bertz CT molecular complexity index is 626. The highest BCUT2D eigenvalue weighted by Gasteiger charge is 2.26. The summed E-state index contributed by atoms with van der Waals surface area (Å²) < 4.78 is 32.3. The molecule has 1 aromatic carbocycles. The van der Waals surface area contributed by atoms with E-state index in [0.717, 1.165) is 36.9 Å². The standard InChI is InChI=1S/C16H18F2N2O/c1-11-7-15(21-19-11)10-20-6-2-3-14(20)9-12-8-13(17)4-5-16(12)18/h4-5,7-8,14H,2-3,6,9-10H2,1H3. The van der Waals surface area contributed by atoms with Crippen molar-refractivity contribution in [3.63, 3.8) is 0 Å². The number of aryl methyl sites for hydroxylation is 1. The summed E-state index contributed by atoms with van der Waals surface area (Å²) in [6.07, 6.45) is 2.58. The molecule has 3 nitrogen and oxygen atoms in total. The molecule has 0 N–H and O–H groups in total. The van der Waals surface area contributed by atoms with Crippen LogP contribution in [0.5, 0.6) is 0 Å². The Hall–Kier alpha value is -1.75. The van der Waals surface area contributed by atoms with Gasteiger partial charge in [-0.1, -0.05) is 5.16 Å².